The lowest BCUT2D eigenvalue weighted by molar-refractivity contribution is -0.137. The van der Waals surface area contributed by atoms with Crippen LogP contribution in [0.1, 0.15) is 42.3 Å². The van der Waals surface area contributed by atoms with Gasteiger partial charge < -0.3 is 9.29 Å². The zero-order chi connectivity index (χ0) is 22.9. The Morgan fingerprint density at radius 2 is 1.77 bits per heavy atom. The summed E-state index contributed by atoms with van der Waals surface area (Å²) in [7, 11) is 1.18. The summed E-state index contributed by atoms with van der Waals surface area (Å²) >= 11 is -0.549. The van der Waals surface area contributed by atoms with Crippen LogP contribution in [0.2, 0.25) is 0 Å². The van der Waals surface area contributed by atoms with E-state index in [1.807, 2.05) is 0 Å². The van der Waals surface area contributed by atoms with E-state index in [0.29, 0.717) is 4.90 Å². The molecule has 0 aliphatic heterocycles. The predicted octanol–water partition coefficient (Wildman–Crippen LogP) is 5.75. The fourth-order valence-corrected chi connectivity index (χ4v) is 4.42. The molecule has 0 spiro atoms. The van der Waals surface area contributed by atoms with Gasteiger partial charge in [-0.2, -0.15) is 13.2 Å². The zero-order valence-corrected chi connectivity index (χ0v) is 18.8. The summed E-state index contributed by atoms with van der Waals surface area (Å²) in [5.74, 6) is -0.715. The molecule has 2 rings (SSSR count). The van der Waals surface area contributed by atoms with Crippen molar-refractivity contribution in [2.24, 2.45) is 0 Å². The largest absolute Gasteiger partial charge is 0.610 e. The summed E-state index contributed by atoms with van der Waals surface area (Å²) in [6, 6.07) is 7.61. The number of hydrogen-bond acceptors (Lipinski definition) is 5. The second-order valence-electron chi connectivity index (χ2n) is 7.34. The van der Waals surface area contributed by atoms with E-state index in [2.05, 4.69) is 0 Å². The van der Waals surface area contributed by atoms with E-state index in [-0.39, 0.29) is 27.3 Å². The van der Waals surface area contributed by atoms with Crippen molar-refractivity contribution in [2.75, 3.05) is 13.4 Å². The highest BCUT2D eigenvalue weighted by molar-refractivity contribution is 8.07. The Bertz CT molecular complexity index is 969. The molecule has 0 amide bonds. The number of carbonyl (C=O) groups is 1. The maximum atomic E-state index is 13.5. The van der Waals surface area contributed by atoms with Crippen LogP contribution >= 0.6 is 11.8 Å². The molecular formula is C21H22F3NO3S2. The summed E-state index contributed by atoms with van der Waals surface area (Å²) in [6.45, 7) is 5.03. The van der Waals surface area contributed by atoms with Crippen molar-refractivity contribution in [1.82, 2.24) is 0 Å². The van der Waals surface area contributed by atoms with E-state index in [1.54, 1.807) is 39.2 Å². The number of ether oxygens (including phenoxy) is 1. The molecule has 0 fully saturated rings. The number of rotatable bonds is 4. The molecule has 2 aromatic rings. The first-order valence-corrected chi connectivity index (χ1v) is 11.2. The highest BCUT2D eigenvalue weighted by Gasteiger charge is 2.36. The number of alkyl halides is 3. The lowest BCUT2D eigenvalue weighted by Crippen LogP contribution is -2.34. The van der Waals surface area contributed by atoms with Crippen molar-refractivity contribution >= 4 is 34.0 Å². The van der Waals surface area contributed by atoms with Gasteiger partial charge in [-0.1, -0.05) is 6.07 Å². The number of esters is 1. The monoisotopic (exact) mass is 457 g/mol. The standard InChI is InChI=1S/C21H22F3NO3S2/c1-20(2,3)30(27)18(25)13-10-9-12(21(22,23)24)11-15(13)17-14(19(26)28-4)7-6-8-16(17)29-5/h6-11,25H,1-5H3. The van der Waals surface area contributed by atoms with Crippen molar-refractivity contribution in [2.45, 2.75) is 36.6 Å². The van der Waals surface area contributed by atoms with Gasteiger partial charge in [0.1, 0.15) is 4.75 Å². The second-order valence-corrected chi connectivity index (χ2v) is 10.4. The van der Waals surface area contributed by atoms with E-state index >= 15 is 0 Å². The molecule has 30 heavy (non-hydrogen) atoms. The summed E-state index contributed by atoms with van der Waals surface area (Å²) in [4.78, 5) is 12.9. The van der Waals surface area contributed by atoms with Crippen molar-refractivity contribution in [3.63, 3.8) is 0 Å². The number of hydrogen-bond donors (Lipinski definition) is 1. The Morgan fingerprint density at radius 1 is 1.13 bits per heavy atom. The molecule has 0 saturated carbocycles. The number of thioether (sulfide) groups is 1. The van der Waals surface area contributed by atoms with Crippen LogP contribution in [-0.4, -0.2) is 33.7 Å². The molecule has 162 valence electrons. The van der Waals surface area contributed by atoms with Crippen LogP contribution in [0, 0.1) is 5.41 Å². The maximum absolute atomic E-state index is 13.5. The Hall–Kier alpha value is -1.97. The SMILES string of the molecule is COC(=O)c1cccc(SC)c1-c1cc(C(F)(F)F)ccc1C(=N)[S+]([O-])C(C)(C)C. The Balaban J connectivity index is 2.90. The van der Waals surface area contributed by atoms with E-state index in [1.165, 1.54) is 24.9 Å². The van der Waals surface area contributed by atoms with Crippen LogP contribution in [0.3, 0.4) is 0 Å². The van der Waals surface area contributed by atoms with E-state index in [4.69, 9.17) is 10.1 Å². The quantitative estimate of drug-likeness (QED) is 0.208. The number of carbonyl (C=O) groups excluding carboxylic acids is 1. The molecule has 1 N–H and O–H groups in total. The molecular weight excluding hydrogens is 435 g/mol. The van der Waals surface area contributed by atoms with Crippen LogP contribution in [0.4, 0.5) is 13.2 Å². The summed E-state index contributed by atoms with van der Waals surface area (Å²) in [5.41, 5.74) is -0.559. The van der Waals surface area contributed by atoms with Gasteiger partial charge in [0.2, 0.25) is 5.04 Å². The lowest BCUT2D eigenvalue weighted by atomic mass is 9.93. The van der Waals surface area contributed by atoms with Crippen molar-refractivity contribution in [3.8, 4) is 11.1 Å². The minimum absolute atomic E-state index is 0.0118. The van der Waals surface area contributed by atoms with Crippen LogP contribution in [0.25, 0.3) is 11.1 Å². The third kappa shape index (κ3) is 5.01. The topological polar surface area (TPSA) is 73.2 Å². The normalized spacial score (nSPS) is 13.1. The Kier molecular flexibility index (Phi) is 7.32. The van der Waals surface area contributed by atoms with E-state index < -0.39 is 33.6 Å². The first-order valence-electron chi connectivity index (χ1n) is 8.80. The molecule has 0 aromatic heterocycles. The maximum Gasteiger partial charge on any atom is 0.416 e. The molecule has 4 nitrogen and oxygen atoms in total. The van der Waals surface area contributed by atoms with Crippen LogP contribution in [-0.2, 0) is 22.1 Å². The predicted molar refractivity (Wildman–Crippen MR) is 115 cm³/mol. The molecule has 2 aromatic carbocycles. The average Bonchev–Trinajstić information content (AvgIpc) is 2.69. The van der Waals surface area contributed by atoms with Gasteiger partial charge in [-0.05, 0) is 62.9 Å². The lowest BCUT2D eigenvalue weighted by Gasteiger charge is -2.25. The smallest absolute Gasteiger partial charge is 0.416 e. The van der Waals surface area contributed by atoms with Crippen LogP contribution < -0.4 is 0 Å². The summed E-state index contributed by atoms with van der Waals surface area (Å²) in [6.07, 6.45) is -2.90. The molecule has 1 atom stereocenters. The van der Waals surface area contributed by atoms with E-state index in [9.17, 15) is 22.5 Å². The number of halogens is 3. The van der Waals surface area contributed by atoms with Gasteiger partial charge in [0.15, 0.2) is 0 Å². The number of benzene rings is 2. The summed E-state index contributed by atoms with van der Waals surface area (Å²) in [5, 5.41) is 8.15. The number of methoxy groups -OCH3 is 1. The zero-order valence-electron chi connectivity index (χ0n) is 17.1. The summed E-state index contributed by atoms with van der Waals surface area (Å²) < 4.78 is 57.2. The molecule has 0 radical (unpaired) electrons. The molecule has 0 saturated heterocycles. The van der Waals surface area contributed by atoms with Gasteiger partial charge in [-0.25, -0.2) is 4.79 Å². The first kappa shape index (κ1) is 24.3. The fraction of sp³-hybridized carbons (Fsp3) is 0.333. The molecule has 0 aliphatic carbocycles. The average molecular weight is 458 g/mol. The Labute approximate surface area is 180 Å². The molecule has 0 bridgehead atoms. The first-order chi connectivity index (χ1) is 13.8. The molecule has 1 unspecified atom stereocenters. The second kappa shape index (κ2) is 9.03. The third-order valence-corrected chi connectivity index (χ3v) is 6.74. The van der Waals surface area contributed by atoms with Crippen LogP contribution in [0.15, 0.2) is 41.3 Å². The van der Waals surface area contributed by atoms with Gasteiger partial charge in [0.25, 0.3) is 0 Å². The molecule has 9 heteroatoms. The van der Waals surface area contributed by atoms with Gasteiger partial charge in [0, 0.05) is 21.6 Å². The van der Waals surface area contributed by atoms with Gasteiger partial charge in [-0.3, -0.25) is 5.41 Å². The van der Waals surface area contributed by atoms with Crippen molar-refractivity contribution in [3.05, 3.63) is 53.1 Å². The minimum Gasteiger partial charge on any atom is -0.610 e. The van der Waals surface area contributed by atoms with Crippen molar-refractivity contribution in [1.29, 1.82) is 5.41 Å². The third-order valence-electron chi connectivity index (χ3n) is 4.25. The van der Waals surface area contributed by atoms with Gasteiger partial charge in [0.05, 0.1) is 23.8 Å². The highest BCUT2D eigenvalue weighted by atomic mass is 32.2. The van der Waals surface area contributed by atoms with Gasteiger partial charge in [-0.15, -0.1) is 11.8 Å². The van der Waals surface area contributed by atoms with Crippen molar-refractivity contribution < 1.29 is 27.3 Å². The van der Waals surface area contributed by atoms with Crippen LogP contribution in [0.5, 0.6) is 0 Å². The molecule has 0 heterocycles. The van der Waals surface area contributed by atoms with E-state index in [0.717, 1.165) is 18.2 Å². The van der Waals surface area contributed by atoms with Gasteiger partial charge >= 0.3 is 12.1 Å². The fourth-order valence-electron chi connectivity index (χ4n) is 2.79. The Morgan fingerprint density at radius 3 is 2.27 bits per heavy atom. The highest BCUT2D eigenvalue weighted by Crippen LogP contribution is 2.40. The minimum atomic E-state index is -4.63. The number of nitrogens with one attached hydrogen (secondary N) is 1. The molecule has 0 aliphatic rings.